The van der Waals surface area contributed by atoms with E-state index in [0.29, 0.717) is 0 Å². The average molecular weight is 184 g/mol. The third-order valence-corrected chi connectivity index (χ3v) is 3.33. The standard InChI is InChI=1S/C11H24N2/c1-9(2)11(7-12-3)10-5-6-13(4)8-10/h9-12H,5-8H2,1-4H3. The first kappa shape index (κ1) is 11.0. The molecule has 2 heteroatoms. The highest BCUT2D eigenvalue weighted by molar-refractivity contribution is 4.81. The van der Waals surface area contributed by atoms with Crippen LogP contribution in [0.2, 0.25) is 0 Å². The Morgan fingerprint density at radius 2 is 2.15 bits per heavy atom. The first-order chi connectivity index (χ1) is 6.15. The molecule has 2 atom stereocenters. The van der Waals surface area contributed by atoms with Gasteiger partial charge in [-0.2, -0.15) is 0 Å². The topological polar surface area (TPSA) is 15.3 Å². The lowest BCUT2D eigenvalue weighted by molar-refractivity contribution is 0.248. The molecular formula is C11H24N2. The van der Waals surface area contributed by atoms with Crippen LogP contribution in [0.25, 0.3) is 0 Å². The molecule has 0 aromatic heterocycles. The maximum absolute atomic E-state index is 3.32. The summed E-state index contributed by atoms with van der Waals surface area (Å²) in [5.41, 5.74) is 0. The Morgan fingerprint density at radius 3 is 2.54 bits per heavy atom. The second kappa shape index (κ2) is 4.97. The molecule has 1 fully saturated rings. The molecule has 0 radical (unpaired) electrons. The van der Waals surface area contributed by atoms with Crippen molar-refractivity contribution in [3.8, 4) is 0 Å². The van der Waals surface area contributed by atoms with Gasteiger partial charge in [-0.3, -0.25) is 0 Å². The molecule has 13 heavy (non-hydrogen) atoms. The van der Waals surface area contributed by atoms with Gasteiger partial charge in [0, 0.05) is 6.54 Å². The third kappa shape index (κ3) is 2.96. The molecular weight excluding hydrogens is 160 g/mol. The second-order valence-corrected chi connectivity index (χ2v) is 4.78. The molecule has 1 saturated heterocycles. The van der Waals surface area contributed by atoms with Gasteiger partial charge in [-0.25, -0.2) is 0 Å². The molecule has 1 N–H and O–H groups in total. The van der Waals surface area contributed by atoms with E-state index < -0.39 is 0 Å². The number of likely N-dealkylation sites (tertiary alicyclic amines) is 1. The number of hydrogen-bond acceptors (Lipinski definition) is 2. The Labute approximate surface area is 82.7 Å². The van der Waals surface area contributed by atoms with Crippen LogP contribution in [0.5, 0.6) is 0 Å². The van der Waals surface area contributed by atoms with E-state index in [2.05, 4.69) is 38.2 Å². The lowest BCUT2D eigenvalue weighted by Gasteiger charge is -2.26. The number of hydrogen-bond donors (Lipinski definition) is 1. The summed E-state index contributed by atoms with van der Waals surface area (Å²) in [5.74, 6) is 2.58. The maximum atomic E-state index is 3.32. The van der Waals surface area contributed by atoms with Crippen LogP contribution < -0.4 is 5.32 Å². The van der Waals surface area contributed by atoms with Crippen LogP contribution in [0.1, 0.15) is 20.3 Å². The zero-order chi connectivity index (χ0) is 9.84. The lowest BCUT2D eigenvalue weighted by atomic mass is 9.83. The van der Waals surface area contributed by atoms with Crippen molar-refractivity contribution in [2.24, 2.45) is 17.8 Å². The minimum atomic E-state index is 0.809. The van der Waals surface area contributed by atoms with Gasteiger partial charge in [0.1, 0.15) is 0 Å². The molecule has 0 aliphatic carbocycles. The van der Waals surface area contributed by atoms with E-state index >= 15 is 0 Å². The van der Waals surface area contributed by atoms with Gasteiger partial charge in [-0.15, -0.1) is 0 Å². The molecule has 0 aromatic rings. The summed E-state index contributed by atoms with van der Waals surface area (Å²) in [6, 6.07) is 0. The van der Waals surface area contributed by atoms with Crippen molar-refractivity contribution in [3.63, 3.8) is 0 Å². The van der Waals surface area contributed by atoms with Crippen LogP contribution in [0.15, 0.2) is 0 Å². The highest BCUT2D eigenvalue weighted by Crippen LogP contribution is 2.28. The van der Waals surface area contributed by atoms with Gasteiger partial charge in [-0.1, -0.05) is 13.8 Å². The van der Waals surface area contributed by atoms with Crippen LogP contribution in [-0.2, 0) is 0 Å². The Balaban J connectivity index is 2.44. The summed E-state index contributed by atoms with van der Waals surface area (Å²) >= 11 is 0. The highest BCUT2D eigenvalue weighted by Gasteiger charge is 2.28. The summed E-state index contributed by atoms with van der Waals surface area (Å²) in [5, 5.41) is 3.32. The fraction of sp³-hybridized carbons (Fsp3) is 1.00. The fourth-order valence-corrected chi connectivity index (χ4v) is 2.50. The van der Waals surface area contributed by atoms with E-state index in [1.807, 2.05) is 0 Å². The molecule has 0 aromatic carbocycles. The van der Waals surface area contributed by atoms with Crippen LogP contribution in [0.3, 0.4) is 0 Å². The summed E-state index contributed by atoms with van der Waals surface area (Å²) in [6.45, 7) is 8.46. The van der Waals surface area contributed by atoms with Crippen LogP contribution in [0.4, 0.5) is 0 Å². The summed E-state index contributed by atoms with van der Waals surface area (Å²) in [7, 11) is 4.30. The predicted octanol–water partition coefficient (Wildman–Crippen LogP) is 1.43. The van der Waals surface area contributed by atoms with Crippen LogP contribution in [-0.4, -0.2) is 38.6 Å². The molecule has 2 nitrogen and oxygen atoms in total. The monoisotopic (exact) mass is 184 g/mol. The molecule has 0 saturated carbocycles. The van der Waals surface area contributed by atoms with Gasteiger partial charge in [0.05, 0.1) is 0 Å². The normalized spacial score (nSPS) is 27.0. The zero-order valence-electron chi connectivity index (χ0n) is 9.51. The first-order valence-electron chi connectivity index (χ1n) is 5.48. The number of nitrogens with one attached hydrogen (secondary N) is 1. The van der Waals surface area contributed by atoms with E-state index in [1.54, 1.807) is 0 Å². The molecule has 1 heterocycles. The lowest BCUT2D eigenvalue weighted by Crippen LogP contribution is -2.31. The largest absolute Gasteiger partial charge is 0.319 e. The molecule has 78 valence electrons. The van der Waals surface area contributed by atoms with E-state index in [0.717, 1.165) is 17.8 Å². The van der Waals surface area contributed by atoms with E-state index in [1.165, 1.54) is 26.1 Å². The van der Waals surface area contributed by atoms with E-state index in [9.17, 15) is 0 Å². The molecule has 1 aliphatic rings. The van der Waals surface area contributed by atoms with Crippen LogP contribution >= 0.6 is 0 Å². The molecule has 0 spiro atoms. The third-order valence-electron chi connectivity index (χ3n) is 3.33. The number of nitrogens with zero attached hydrogens (tertiary/aromatic N) is 1. The average Bonchev–Trinajstić information content (AvgIpc) is 2.46. The summed E-state index contributed by atoms with van der Waals surface area (Å²) in [4.78, 5) is 2.45. The highest BCUT2D eigenvalue weighted by atomic mass is 15.1. The van der Waals surface area contributed by atoms with Crippen molar-refractivity contribution in [1.29, 1.82) is 0 Å². The van der Waals surface area contributed by atoms with Crippen molar-refractivity contribution >= 4 is 0 Å². The van der Waals surface area contributed by atoms with Crippen molar-refractivity contribution in [1.82, 2.24) is 10.2 Å². The fourth-order valence-electron chi connectivity index (χ4n) is 2.50. The Bertz CT molecular complexity index is 145. The Hall–Kier alpha value is -0.0800. The first-order valence-corrected chi connectivity index (χ1v) is 5.48. The van der Waals surface area contributed by atoms with Crippen molar-refractivity contribution in [2.75, 3.05) is 33.7 Å². The Kier molecular flexibility index (Phi) is 4.20. The SMILES string of the molecule is CNCC(C(C)C)C1CCN(C)C1. The minimum Gasteiger partial charge on any atom is -0.319 e. The van der Waals surface area contributed by atoms with Gasteiger partial charge >= 0.3 is 0 Å². The van der Waals surface area contributed by atoms with Crippen molar-refractivity contribution < 1.29 is 0 Å². The molecule has 1 aliphatic heterocycles. The van der Waals surface area contributed by atoms with Crippen molar-refractivity contribution in [3.05, 3.63) is 0 Å². The molecule has 2 unspecified atom stereocenters. The van der Waals surface area contributed by atoms with Crippen molar-refractivity contribution in [2.45, 2.75) is 20.3 Å². The van der Waals surface area contributed by atoms with E-state index in [-0.39, 0.29) is 0 Å². The van der Waals surface area contributed by atoms with Gasteiger partial charge < -0.3 is 10.2 Å². The molecule has 0 amide bonds. The summed E-state index contributed by atoms with van der Waals surface area (Å²) < 4.78 is 0. The summed E-state index contributed by atoms with van der Waals surface area (Å²) in [6.07, 6.45) is 1.39. The van der Waals surface area contributed by atoms with E-state index in [4.69, 9.17) is 0 Å². The smallest absolute Gasteiger partial charge is 0.00103 e. The van der Waals surface area contributed by atoms with Gasteiger partial charge in [-0.05, 0) is 51.4 Å². The Morgan fingerprint density at radius 1 is 1.46 bits per heavy atom. The molecule has 0 bridgehead atoms. The van der Waals surface area contributed by atoms with Gasteiger partial charge in [0.25, 0.3) is 0 Å². The minimum absolute atomic E-state index is 0.809. The molecule has 1 rings (SSSR count). The van der Waals surface area contributed by atoms with Gasteiger partial charge in [0.2, 0.25) is 0 Å². The second-order valence-electron chi connectivity index (χ2n) is 4.78. The predicted molar refractivity (Wildman–Crippen MR) is 57.9 cm³/mol. The number of rotatable bonds is 4. The van der Waals surface area contributed by atoms with Crippen LogP contribution in [0, 0.1) is 17.8 Å². The maximum Gasteiger partial charge on any atom is 0.00103 e. The zero-order valence-corrected chi connectivity index (χ0v) is 9.51. The van der Waals surface area contributed by atoms with Gasteiger partial charge in [0.15, 0.2) is 0 Å². The quantitative estimate of drug-likeness (QED) is 0.711.